The highest BCUT2D eigenvalue weighted by Gasteiger charge is 2.33. The number of rotatable bonds is 10. The molecule has 9 nitrogen and oxygen atoms in total. The van der Waals surface area contributed by atoms with Crippen LogP contribution in [-0.2, 0) is 0 Å². The van der Waals surface area contributed by atoms with Crippen molar-refractivity contribution in [3.8, 4) is 56.0 Å². The third-order valence-corrected chi connectivity index (χ3v) is 9.59. The second-order valence-electron chi connectivity index (χ2n) is 12.3. The number of nitro benzene ring substituents is 2. The van der Waals surface area contributed by atoms with Gasteiger partial charge >= 0.3 is 11.4 Å². The van der Waals surface area contributed by atoms with Crippen LogP contribution in [0.3, 0.4) is 0 Å². The molecule has 0 atom stereocenters. The Labute approximate surface area is 343 Å². The van der Waals surface area contributed by atoms with Crippen LogP contribution in [0.2, 0.25) is 10.0 Å². The van der Waals surface area contributed by atoms with E-state index in [9.17, 15) is 46.6 Å². The summed E-state index contributed by atoms with van der Waals surface area (Å²) in [7, 11) is 0. The van der Waals surface area contributed by atoms with Gasteiger partial charge in [0, 0.05) is 45.5 Å². The summed E-state index contributed by atoms with van der Waals surface area (Å²) in [6.07, 6.45) is 0. The van der Waals surface area contributed by atoms with E-state index in [-0.39, 0.29) is 52.4 Å². The minimum Gasteiger partial charge on any atom is -0.487 e. The molecule has 0 radical (unpaired) electrons. The second kappa shape index (κ2) is 19.1. The number of nitro groups is 2. The summed E-state index contributed by atoms with van der Waals surface area (Å²) < 4.78 is 98.7. The zero-order valence-corrected chi connectivity index (χ0v) is 32.9. The number of hydrogen-bond acceptors (Lipinski definition) is 6. The fourth-order valence-electron chi connectivity index (χ4n) is 6.15. The van der Waals surface area contributed by atoms with E-state index in [0.29, 0.717) is 11.1 Å². The van der Waals surface area contributed by atoms with Crippen LogP contribution in [-0.4, -0.2) is 28.5 Å². The van der Waals surface area contributed by atoms with Crippen LogP contribution in [0.1, 0.15) is 25.0 Å². The SMILES string of the molecule is CCOc1c([N+](=O)[O-])ccc(-c2ccccc2)c1-c1c(F)c(F)c(C)c(F)c1Cl.CCOc1c([N+](=O)[O-])ccc(-c2ccccc2)c1-c1c(F)c(F)c(C)c(F)c1Cl.O. The maximum Gasteiger partial charge on any atom is 0.311 e. The Kier molecular flexibility index (Phi) is 14.7. The maximum atomic E-state index is 15.0. The highest BCUT2D eigenvalue weighted by molar-refractivity contribution is 6.34. The molecule has 0 bridgehead atoms. The summed E-state index contributed by atoms with van der Waals surface area (Å²) in [5.74, 6) is -8.59. The highest BCUT2D eigenvalue weighted by Crippen LogP contribution is 2.51. The molecule has 0 fully saturated rings. The van der Waals surface area contributed by atoms with Crippen LogP contribution in [0, 0.1) is 69.0 Å². The average Bonchev–Trinajstić information content (AvgIpc) is 3.22. The molecule has 0 saturated heterocycles. The van der Waals surface area contributed by atoms with Crippen LogP contribution in [0.25, 0.3) is 44.5 Å². The van der Waals surface area contributed by atoms with E-state index in [1.807, 2.05) is 0 Å². The van der Waals surface area contributed by atoms with E-state index >= 15 is 0 Å². The van der Waals surface area contributed by atoms with E-state index in [1.54, 1.807) is 74.5 Å². The normalized spacial score (nSPS) is 10.6. The fourth-order valence-corrected chi connectivity index (χ4v) is 6.78. The Morgan fingerprint density at radius 1 is 0.508 bits per heavy atom. The van der Waals surface area contributed by atoms with Gasteiger partial charge in [0.2, 0.25) is 11.5 Å². The van der Waals surface area contributed by atoms with E-state index in [1.165, 1.54) is 24.3 Å². The molecule has 0 saturated carbocycles. The molecule has 0 aliphatic heterocycles. The Morgan fingerprint density at radius 2 is 0.831 bits per heavy atom. The van der Waals surface area contributed by atoms with Crippen LogP contribution in [0.4, 0.5) is 37.7 Å². The topological polar surface area (TPSA) is 136 Å². The smallest absolute Gasteiger partial charge is 0.311 e. The Hall–Kier alpha value is -6.16. The molecule has 308 valence electrons. The summed E-state index contributed by atoms with van der Waals surface area (Å²) >= 11 is 12.1. The van der Waals surface area contributed by atoms with Crippen molar-refractivity contribution in [3.63, 3.8) is 0 Å². The molecular formula is C42H32Cl2F6N2O7. The van der Waals surface area contributed by atoms with Crippen LogP contribution in [0.5, 0.6) is 11.5 Å². The Morgan fingerprint density at radius 3 is 1.12 bits per heavy atom. The monoisotopic (exact) mass is 860 g/mol. The van der Waals surface area contributed by atoms with Gasteiger partial charge in [-0.15, -0.1) is 0 Å². The lowest BCUT2D eigenvalue weighted by molar-refractivity contribution is -0.385. The van der Waals surface area contributed by atoms with Crippen molar-refractivity contribution in [3.05, 3.63) is 161 Å². The first-order valence-corrected chi connectivity index (χ1v) is 18.0. The molecule has 0 heterocycles. The molecule has 6 aromatic carbocycles. The molecule has 6 aromatic rings. The Balaban J connectivity index is 0.000000256. The quantitative estimate of drug-likeness (QED) is 0.0582. The summed E-state index contributed by atoms with van der Waals surface area (Å²) in [5, 5.41) is 21.7. The summed E-state index contributed by atoms with van der Waals surface area (Å²) in [6.45, 7) is 5.27. The van der Waals surface area contributed by atoms with Gasteiger partial charge in [0.15, 0.2) is 23.3 Å². The van der Waals surface area contributed by atoms with Crippen molar-refractivity contribution < 1.29 is 51.1 Å². The summed E-state index contributed by atoms with van der Waals surface area (Å²) in [6, 6.07) is 22.1. The van der Waals surface area contributed by atoms with Crippen molar-refractivity contribution in [2.45, 2.75) is 27.7 Å². The number of benzene rings is 6. The summed E-state index contributed by atoms with van der Waals surface area (Å²) in [4.78, 5) is 21.6. The van der Waals surface area contributed by atoms with Crippen molar-refractivity contribution >= 4 is 34.6 Å². The number of hydrogen-bond donors (Lipinski definition) is 0. The van der Waals surface area contributed by atoms with Crippen LogP contribution < -0.4 is 9.47 Å². The fraction of sp³-hybridized carbons (Fsp3) is 0.143. The third-order valence-electron chi connectivity index (χ3n) is 8.88. The van der Waals surface area contributed by atoms with Gasteiger partial charge in [0.1, 0.15) is 11.6 Å². The first-order valence-electron chi connectivity index (χ1n) is 17.2. The first-order chi connectivity index (χ1) is 27.6. The van der Waals surface area contributed by atoms with Crippen LogP contribution >= 0.6 is 23.2 Å². The predicted molar refractivity (Wildman–Crippen MR) is 213 cm³/mol. The van der Waals surface area contributed by atoms with Crippen LogP contribution in [0.15, 0.2) is 84.9 Å². The lowest BCUT2D eigenvalue weighted by Crippen LogP contribution is -2.05. The molecular weight excluding hydrogens is 829 g/mol. The molecule has 59 heavy (non-hydrogen) atoms. The first kappa shape index (κ1) is 45.5. The maximum absolute atomic E-state index is 15.0. The zero-order valence-electron chi connectivity index (χ0n) is 31.4. The number of halogens is 8. The molecule has 0 unspecified atom stereocenters. The van der Waals surface area contributed by atoms with Gasteiger partial charge in [-0.2, -0.15) is 0 Å². The van der Waals surface area contributed by atoms with Gasteiger partial charge in [0.05, 0.1) is 33.1 Å². The van der Waals surface area contributed by atoms with Crippen molar-refractivity contribution in [1.29, 1.82) is 0 Å². The predicted octanol–water partition coefficient (Wildman–Crippen LogP) is 12.6. The van der Waals surface area contributed by atoms with Gasteiger partial charge in [-0.25, -0.2) is 26.3 Å². The lowest BCUT2D eigenvalue weighted by atomic mass is 9.91. The van der Waals surface area contributed by atoms with Gasteiger partial charge in [-0.3, -0.25) is 20.2 Å². The minimum atomic E-state index is -1.42. The standard InChI is InChI=1S/2C21H15ClF3NO3.H2O/c2*1-3-29-21-14(26(27)28)10-9-13(12-7-5-4-6-8-12)15(21)16-17(22)18(23)11(2)19(24)20(16)25;/h2*4-10H,3H2,1-2H3;1H2. The molecule has 0 amide bonds. The van der Waals surface area contributed by atoms with E-state index in [0.717, 1.165) is 13.8 Å². The molecule has 17 heteroatoms. The van der Waals surface area contributed by atoms with E-state index < -0.39 is 88.4 Å². The Bertz CT molecular complexity index is 2330. The second-order valence-corrected chi connectivity index (χ2v) is 13.1. The lowest BCUT2D eigenvalue weighted by Gasteiger charge is -2.18. The highest BCUT2D eigenvalue weighted by atomic mass is 35.5. The van der Waals surface area contributed by atoms with Crippen molar-refractivity contribution in [2.75, 3.05) is 13.2 Å². The largest absolute Gasteiger partial charge is 0.487 e. The minimum absolute atomic E-state index is 0. The molecule has 0 aliphatic rings. The van der Waals surface area contributed by atoms with Gasteiger partial charge in [-0.05, 0) is 62.1 Å². The third kappa shape index (κ3) is 8.67. The molecule has 0 aliphatic carbocycles. The zero-order chi connectivity index (χ0) is 42.6. The molecule has 0 spiro atoms. The molecule has 6 rings (SSSR count). The van der Waals surface area contributed by atoms with Gasteiger partial charge < -0.3 is 14.9 Å². The molecule has 2 N–H and O–H groups in total. The van der Waals surface area contributed by atoms with Gasteiger partial charge in [-0.1, -0.05) is 83.9 Å². The average molecular weight is 862 g/mol. The number of ether oxygens (including phenoxy) is 2. The number of nitrogens with zero attached hydrogens (tertiary/aromatic N) is 2. The van der Waals surface area contributed by atoms with Crippen molar-refractivity contribution in [1.82, 2.24) is 0 Å². The van der Waals surface area contributed by atoms with Gasteiger partial charge in [0.25, 0.3) is 0 Å². The summed E-state index contributed by atoms with van der Waals surface area (Å²) in [5.41, 5.74) is -2.10. The van der Waals surface area contributed by atoms with E-state index in [4.69, 9.17) is 32.7 Å². The van der Waals surface area contributed by atoms with E-state index in [2.05, 4.69) is 0 Å². The van der Waals surface area contributed by atoms with Crippen molar-refractivity contribution in [2.24, 2.45) is 0 Å². The molecule has 0 aromatic heterocycles.